The first-order valence-corrected chi connectivity index (χ1v) is 3.23. The summed E-state index contributed by atoms with van der Waals surface area (Å²) in [6, 6.07) is 0. The Morgan fingerprint density at radius 3 is 2.80 bits per heavy atom. The minimum Gasteiger partial charge on any atom is -0.376 e. The number of rotatable bonds is 0. The molecule has 0 amide bonds. The molecule has 0 saturated heterocycles. The van der Waals surface area contributed by atoms with Crippen LogP contribution in [0.25, 0.3) is 0 Å². The van der Waals surface area contributed by atoms with Crippen molar-refractivity contribution in [2.75, 3.05) is 0 Å². The van der Waals surface area contributed by atoms with Gasteiger partial charge >= 0.3 is 0 Å². The number of hydrogen-bond acceptors (Lipinski definition) is 2. The van der Waals surface area contributed by atoms with Crippen LogP contribution in [0.5, 0.6) is 0 Å². The summed E-state index contributed by atoms with van der Waals surface area (Å²) in [5.41, 5.74) is 5.15. The van der Waals surface area contributed by atoms with Crippen LogP contribution in [-0.4, -0.2) is 22.3 Å². The number of amidine groups is 1. The Morgan fingerprint density at radius 1 is 1.70 bits per heavy atom. The van der Waals surface area contributed by atoms with Crippen LogP contribution in [0.4, 0.5) is 0 Å². The Bertz CT molecular complexity index is 242. The highest BCUT2D eigenvalue weighted by atomic mass is 32.1. The lowest BCUT2D eigenvalue weighted by Crippen LogP contribution is -2.34. The van der Waals surface area contributed by atoms with Gasteiger partial charge in [-0.25, -0.2) is 4.99 Å². The second-order valence-corrected chi connectivity index (χ2v) is 2.33. The van der Waals surface area contributed by atoms with E-state index >= 15 is 0 Å². The monoisotopic (exact) mass is 172 g/mol. The molecule has 1 aliphatic heterocycles. The molecule has 0 aromatic carbocycles. The van der Waals surface area contributed by atoms with E-state index in [0.717, 1.165) is 0 Å². The van der Waals surface area contributed by atoms with Crippen molar-refractivity contribution in [2.45, 2.75) is 0 Å². The van der Waals surface area contributed by atoms with E-state index < -0.39 is 0 Å². The zero-order chi connectivity index (χ0) is 7.56. The molecule has 4 nitrogen and oxygen atoms in total. The van der Waals surface area contributed by atoms with Crippen LogP contribution in [0.15, 0.2) is 9.98 Å². The van der Waals surface area contributed by atoms with Gasteiger partial charge < -0.3 is 11.1 Å². The molecule has 3 N–H and O–H groups in total. The van der Waals surface area contributed by atoms with Crippen LogP contribution in [0, 0.1) is 0 Å². The molecular weight excluding hydrogens is 168 g/mol. The summed E-state index contributed by atoms with van der Waals surface area (Å²) < 4.78 is 0. The summed E-state index contributed by atoms with van der Waals surface area (Å²) in [5, 5.41) is 3.05. The highest BCUT2D eigenvalue weighted by molar-refractivity contribution is 7.80. The number of nitrogens with two attached hydrogens (primary N) is 1. The Kier molecular flexibility index (Phi) is 2.03. The first kappa shape index (κ1) is 7.23. The highest BCUT2D eigenvalue weighted by Gasteiger charge is 2.03. The molecule has 52 valence electrons. The number of nitrogens with one attached hydrogen (secondary N) is 1. The second kappa shape index (κ2) is 2.80. The van der Waals surface area contributed by atoms with E-state index in [9.17, 15) is 0 Å². The molecule has 0 spiro atoms. The van der Waals surface area contributed by atoms with Gasteiger partial charge in [0, 0.05) is 0 Å². The lowest BCUT2D eigenvalue weighted by atomic mass is 10.6. The van der Waals surface area contributed by atoms with E-state index in [1.807, 2.05) is 0 Å². The summed E-state index contributed by atoms with van der Waals surface area (Å²) in [6.45, 7) is 0. The lowest BCUT2D eigenvalue weighted by molar-refractivity contribution is 1.39. The van der Waals surface area contributed by atoms with Gasteiger partial charge in [-0.15, -0.1) is 0 Å². The van der Waals surface area contributed by atoms with Gasteiger partial charge in [0.15, 0.2) is 10.9 Å². The van der Waals surface area contributed by atoms with Crippen molar-refractivity contribution in [3.63, 3.8) is 0 Å². The Balaban J connectivity index is 2.60. The summed E-state index contributed by atoms with van der Waals surface area (Å²) >= 11 is 9.19. The molecule has 0 radical (unpaired) electrons. The van der Waals surface area contributed by atoms with E-state index in [0.29, 0.717) is 10.9 Å². The minimum absolute atomic E-state index is 0.162. The van der Waals surface area contributed by atoms with Crippen molar-refractivity contribution in [1.29, 1.82) is 0 Å². The first-order valence-electron chi connectivity index (χ1n) is 2.41. The summed E-state index contributed by atoms with van der Waals surface area (Å²) in [6.07, 6.45) is 1.47. The van der Waals surface area contributed by atoms with Gasteiger partial charge in [0.25, 0.3) is 0 Å². The van der Waals surface area contributed by atoms with Gasteiger partial charge in [0.1, 0.15) is 0 Å². The molecule has 0 aliphatic carbocycles. The molecule has 0 aromatic rings. The van der Waals surface area contributed by atoms with Gasteiger partial charge in [-0.3, -0.25) is 0 Å². The highest BCUT2D eigenvalue weighted by Crippen LogP contribution is 1.89. The maximum Gasteiger partial charge on any atom is 0.221 e. The number of hydrogen-bond donors (Lipinski definition) is 2. The fraction of sp³-hybridized carbons (Fsp3) is 0. The molecule has 1 aliphatic rings. The molecule has 0 atom stereocenters. The summed E-state index contributed by atoms with van der Waals surface area (Å²) in [5.74, 6) is 0.498. The molecule has 1 heterocycles. The standard InChI is InChI=1S/C4H4N4S2/c5-3(9)7-2-1-6-4(10)8-2/h1H,(H3,5,7,8,9,10). The van der Waals surface area contributed by atoms with E-state index in [4.69, 9.17) is 5.73 Å². The first-order chi connectivity index (χ1) is 4.68. The molecule has 0 bridgehead atoms. The van der Waals surface area contributed by atoms with E-state index in [1.165, 1.54) is 6.21 Å². The number of aliphatic imine (C=N–C) groups is 2. The van der Waals surface area contributed by atoms with Crippen molar-refractivity contribution in [3.8, 4) is 0 Å². The van der Waals surface area contributed by atoms with Gasteiger partial charge in [0.05, 0.1) is 6.21 Å². The molecule has 0 aromatic heterocycles. The van der Waals surface area contributed by atoms with Crippen molar-refractivity contribution in [1.82, 2.24) is 5.32 Å². The smallest absolute Gasteiger partial charge is 0.221 e. The minimum atomic E-state index is 0.162. The third-order valence-electron chi connectivity index (χ3n) is 0.765. The average molecular weight is 172 g/mol. The van der Waals surface area contributed by atoms with E-state index in [2.05, 4.69) is 39.7 Å². The molecule has 0 saturated carbocycles. The Morgan fingerprint density at radius 2 is 2.40 bits per heavy atom. The molecule has 0 fully saturated rings. The van der Waals surface area contributed by atoms with Crippen LogP contribution in [0.2, 0.25) is 0 Å². The molecule has 10 heavy (non-hydrogen) atoms. The van der Waals surface area contributed by atoms with Gasteiger partial charge in [-0.05, 0) is 24.4 Å². The summed E-state index contributed by atoms with van der Waals surface area (Å²) in [7, 11) is 0. The molecule has 0 unspecified atom stereocenters. The van der Waals surface area contributed by atoms with Crippen LogP contribution >= 0.6 is 24.4 Å². The maximum absolute atomic E-state index is 5.15. The Labute approximate surface area is 68.2 Å². The third kappa shape index (κ3) is 1.82. The number of nitrogens with zero attached hydrogens (tertiary/aromatic N) is 2. The van der Waals surface area contributed by atoms with Gasteiger partial charge in [-0.1, -0.05) is 0 Å². The second-order valence-electron chi connectivity index (χ2n) is 1.53. The van der Waals surface area contributed by atoms with Gasteiger partial charge in [-0.2, -0.15) is 4.99 Å². The quantitative estimate of drug-likeness (QED) is 0.487. The third-order valence-corrected chi connectivity index (χ3v) is 1.06. The predicted molar refractivity (Wildman–Crippen MR) is 48.4 cm³/mol. The zero-order valence-corrected chi connectivity index (χ0v) is 6.50. The lowest BCUT2D eigenvalue weighted by Gasteiger charge is -1.95. The fourth-order valence-electron chi connectivity index (χ4n) is 0.464. The topological polar surface area (TPSA) is 62.8 Å². The number of thiocarbonyl (C=S) groups is 2. The average Bonchev–Trinajstić information content (AvgIpc) is 2.13. The normalized spacial score (nSPS) is 15.2. The Hall–Kier alpha value is -0.880. The SMILES string of the molecule is NC(=S)NC1=NC(=S)N=C1. The largest absolute Gasteiger partial charge is 0.376 e. The fourth-order valence-corrected chi connectivity index (χ4v) is 0.719. The van der Waals surface area contributed by atoms with Crippen LogP contribution in [-0.2, 0) is 0 Å². The van der Waals surface area contributed by atoms with Crippen LogP contribution < -0.4 is 11.1 Å². The van der Waals surface area contributed by atoms with Crippen molar-refractivity contribution in [3.05, 3.63) is 0 Å². The molecular formula is C4H4N4S2. The van der Waals surface area contributed by atoms with E-state index in [-0.39, 0.29) is 5.11 Å². The van der Waals surface area contributed by atoms with E-state index in [1.54, 1.807) is 0 Å². The summed E-state index contributed by atoms with van der Waals surface area (Å²) in [4.78, 5) is 7.47. The predicted octanol–water partition coefficient (Wildman–Crippen LogP) is -0.413. The zero-order valence-electron chi connectivity index (χ0n) is 4.87. The van der Waals surface area contributed by atoms with Crippen molar-refractivity contribution >= 4 is 46.7 Å². The van der Waals surface area contributed by atoms with Crippen molar-refractivity contribution < 1.29 is 0 Å². The van der Waals surface area contributed by atoms with Gasteiger partial charge in [0.2, 0.25) is 5.11 Å². The van der Waals surface area contributed by atoms with Crippen LogP contribution in [0.3, 0.4) is 0 Å². The molecule has 6 heteroatoms. The van der Waals surface area contributed by atoms with Crippen molar-refractivity contribution in [2.24, 2.45) is 15.7 Å². The van der Waals surface area contributed by atoms with Crippen LogP contribution in [0.1, 0.15) is 0 Å². The maximum atomic E-state index is 5.15. The molecule has 1 rings (SSSR count).